The second-order valence-corrected chi connectivity index (χ2v) is 6.54. The number of hydrogen-bond acceptors (Lipinski definition) is 4. The molecule has 5 nitrogen and oxygen atoms in total. The predicted molar refractivity (Wildman–Crippen MR) is 104 cm³/mol. The van der Waals surface area contributed by atoms with Crippen molar-refractivity contribution in [2.24, 2.45) is 0 Å². The van der Waals surface area contributed by atoms with Crippen LogP contribution in [0.2, 0.25) is 0 Å². The van der Waals surface area contributed by atoms with E-state index in [2.05, 4.69) is 5.32 Å². The molecule has 0 heterocycles. The Morgan fingerprint density at radius 2 is 1.85 bits per heavy atom. The van der Waals surface area contributed by atoms with Crippen LogP contribution < -0.4 is 10.1 Å². The lowest BCUT2D eigenvalue weighted by molar-refractivity contribution is -0.140. The molecular weight excluding hydrogens is 350 g/mol. The zero-order valence-corrected chi connectivity index (χ0v) is 15.2. The Bertz CT molecular complexity index is 744. The SMILES string of the molecule is COc1ccc(/C=C/C(=O)N[C@@H](CSCc2ccccc2)C(=O)O)cc1. The van der Waals surface area contributed by atoms with Gasteiger partial charge in [0, 0.05) is 17.6 Å². The molecular formula is C20H21NO4S. The zero-order chi connectivity index (χ0) is 18.8. The van der Waals surface area contributed by atoms with Gasteiger partial charge < -0.3 is 15.2 Å². The summed E-state index contributed by atoms with van der Waals surface area (Å²) in [7, 11) is 1.58. The minimum absolute atomic E-state index is 0.298. The van der Waals surface area contributed by atoms with Crippen molar-refractivity contribution in [3.8, 4) is 5.75 Å². The van der Waals surface area contributed by atoms with E-state index in [0.717, 1.165) is 16.9 Å². The van der Waals surface area contributed by atoms with E-state index in [-0.39, 0.29) is 0 Å². The number of carboxylic acid groups (broad SMARTS) is 1. The van der Waals surface area contributed by atoms with Gasteiger partial charge in [0.05, 0.1) is 7.11 Å². The van der Waals surface area contributed by atoms with Crippen molar-refractivity contribution in [3.63, 3.8) is 0 Å². The van der Waals surface area contributed by atoms with Gasteiger partial charge in [-0.05, 0) is 29.3 Å². The number of carbonyl (C=O) groups is 2. The van der Waals surface area contributed by atoms with Crippen LogP contribution in [0, 0.1) is 0 Å². The maximum absolute atomic E-state index is 12.0. The molecule has 2 aromatic rings. The Labute approximate surface area is 157 Å². The molecule has 0 saturated heterocycles. The number of benzene rings is 2. The van der Waals surface area contributed by atoms with Crippen molar-refractivity contribution in [1.82, 2.24) is 5.32 Å². The highest BCUT2D eigenvalue weighted by atomic mass is 32.2. The number of aliphatic carboxylic acids is 1. The number of methoxy groups -OCH3 is 1. The Morgan fingerprint density at radius 1 is 1.15 bits per heavy atom. The van der Waals surface area contributed by atoms with Crippen LogP contribution >= 0.6 is 11.8 Å². The summed E-state index contributed by atoms with van der Waals surface area (Å²) >= 11 is 1.47. The summed E-state index contributed by atoms with van der Waals surface area (Å²) in [4.78, 5) is 23.3. The van der Waals surface area contributed by atoms with E-state index in [4.69, 9.17) is 4.74 Å². The monoisotopic (exact) mass is 371 g/mol. The highest BCUT2D eigenvalue weighted by Gasteiger charge is 2.18. The lowest BCUT2D eigenvalue weighted by atomic mass is 10.2. The molecule has 0 aliphatic carbocycles. The number of rotatable bonds is 9. The Kier molecular flexibility index (Phi) is 7.76. The predicted octanol–water partition coefficient (Wildman–Crippen LogP) is 3.21. The molecule has 2 aromatic carbocycles. The van der Waals surface area contributed by atoms with E-state index in [1.54, 1.807) is 25.3 Å². The summed E-state index contributed by atoms with van der Waals surface area (Å²) < 4.78 is 5.07. The third-order valence-electron chi connectivity index (χ3n) is 3.55. The summed E-state index contributed by atoms with van der Waals surface area (Å²) in [6.45, 7) is 0. The number of amides is 1. The van der Waals surface area contributed by atoms with Gasteiger partial charge >= 0.3 is 5.97 Å². The number of hydrogen-bond donors (Lipinski definition) is 2. The highest BCUT2D eigenvalue weighted by molar-refractivity contribution is 7.98. The minimum atomic E-state index is -1.04. The molecule has 0 fully saturated rings. The molecule has 0 saturated carbocycles. The summed E-state index contributed by atoms with van der Waals surface area (Å²) in [6.07, 6.45) is 2.96. The first-order valence-corrected chi connectivity index (χ1v) is 9.21. The van der Waals surface area contributed by atoms with Gasteiger partial charge in [-0.3, -0.25) is 4.79 Å². The number of ether oxygens (including phenoxy) is 1. The van der Waals surface area contributed by atoms with Gasteiger partial charge in [-0.25, -0.2) is 4.79 Å². The molecule has 1 amide bonds. The van der Waals surface area contributed by atoms with Crippen LogP contribution in [-0.2, 0) is 15.3 Å². The van der Waals surface area contributed by atoms with Crippen molar-refractivity contribution in [1.29, 1.82) is 0 Å². The van der Waals surface area contributed by atoms with E-state index < -0.39 is 17.9 Å². The molecule has 0 aliphatic rings. The van der Waals surface area contributed by atoms with Crippen LogP contribution in [0.3, 0.4) is 0 Å². The normalized spacial score (nSPS) is 11.9. The van der Waals surface area contributed by atoms with Gasteiger partial charge in [-0.1, -0.05) is 42.5 Å². The third kappa shape index (κ3) is 6.64. The number of carbonyl (C=O) groups excluding carboxylic acids is 1. The topological polar surface area (TPSA) is 75.6 Å². The molecule has 0 unspecified atom stereocenters. The first kappa shape index (κ1) is 19.6. The molecule has 0 radical (unpaired) electrons. The fraction of sp³-hybridized carbons (Fsp3) is 0.200. The highest BCUT2D eigenvalue weighted by Crippen LogP contribution is 2.14. The van der Waals surface area contributed by atoms with Crippen molar-refractivity contribution in [3.05, 3.63) is 71.8 Å². The van der Waals surface area contributed by atoms with Crippen LogP contribution in [0.4, 0.5) is 0 Å². The standard InChI is InChI=1S/C20H21NO4S/c1-25-17-10-7-15(8-11-17)9-12-19(22)21-18(20(23)24)14-26-13-16-5-3-2-4-6-16/h2-12,18H,13-14H2,1H3,(H,21,22)(H,23,24)/b12-9+/t18-/m0/s1. The second kappa shape index (κ2) is 10.3. The van der Waals surface area contributed by atoms with Crippen LogP contribution in [0.15, 0.2) is 60.7 Å². The summed E-state index contributed by atoms with van der Waals surface area (Å²) in [5.41, 5.74) is 1.94. The molecule has 2 N–H and O–H groups in total. The van der Waals surface area contributed by atoms with Crippen molar-refractivity contribution in [2.75, 3.05) is 12.9 Å². The van der Waals surface area contributed by atoms with Gasteiger partial charge in [-0.15, -0.1) is 0 Å². The van der Waals surface area contributed by atoms with E-state index in [1.165, 1.54) is 17.8 Å². The molecule has 0 spiro atoms. The maximum Gasteiger partial charge on any atom is 0.327 e. The van der Waals surface area contributed by atoms with E-state index in [1.807, 2.05) is 42.5 Å². The summed E-state index contributed by atoms with van der Waals surface area (Å²) in [6, 6.07) is 16.1. The van der Waals surface area contributed by atoms with E-state index in [9.17, 15) is 14.7 Å². The molecule has 26 heavy (non-hydrogen) atoms. The number of carboxylic acids is 1. The first-order valence-electron chi connectivity index (χ1n) is 8.05. The molecule has 2 rings (SSSR count). The lowest BCUT2D eigenvalue weighted by Gasteiger charge is -2.13. The smallest absolute Gasteiger partial charge is 0.327 e. The number of thioether (sulfide) groups is 1. The van der Waals surface area contributed by atoms with E-state index in [0.29, 0.717) is 11.5 Å². The fourth-order valence-electron chi connectivity index (χ4n) is 2.15. The average Bonchev–Trinajstić information content (AvgIpc) is 2.66. The lowest BCUT2D eigenvalue weighted by Crippen LogP contribution is -2.41. The quantitative estimate of drug-likeness (QED) is 0.662. The largest absolute Gasteiger partial charge is 0.497 e. The van der Waals surface area contributed by atoms with Crippen LogP contribution in [0.5, 0.6) is 5.75 Å². The van der Waals surface area contributed by atoms with Crippen LogP contribution in [-0.4, -0.2) is 35.9 Å². The van der Waals surface area contributed by atoms with Gasteiger partial charge in [-0.2, -0.15) is 11.8 Å². The molecule has 1 atom stereocenters. The Hall–Kier alpha value is -2.73. The van der Waals surface area contributed by atoms with Gasteiger partial charge in [0.25, 0.3) is 0 Å². The summed E-state index contributed by atoms with van der Waals surface area (Å²) in [5, 5.41) is 11.8. The maximum atomic E-state index is 12.0. The Morgan fingerprint density at radius 3 is 2.46 bits per heavy atom. The number of nitrogens with one attached hydrogen (secondary N) is 1. The molecule has 0 bridgehead atoms. The van der Waals surface area contributed by atoms with Crippen LogP contribution in [0.1, 0.15) is 11.1 Å². The van der Waals surface area contributed by atoms with Gasteiger partial charge in [0.15, 0.2) is 0 Å². The molecule has 136 valence electrons. The van der Waals surface area contributed by atoms with E-state index >= 15 is 0 Å². The van der Waals surface area contributed by atoms with Gasteiger partial charge in [0.1, 0.15) is 11.8 Å². The molecule has 0 aromatic heterocycles. The minimum Gasteiger partial charge on any atom is -0.497 e. The fourth-order valence-corrected chi connectivity index (χ4v) is 3.16. The average molecular weight is 371 g/mol. The molecule has 6 heteroatoms. The van der Waals surface area contributed by atoms with Crippen molar-refractivity contribution < 1.29 is 19.4 Å². The third-order valence-corrected chi connectivity index (χ3v) is 4.66. The molecule has 0 aliphatic heterocycles. The van der Waals surface area contributed by atoms with Crippen molar-refractivity contribution >= 4 is 29.7 Å². The van der Waals surface area contributed by atoms with Crippen LogP contribution in [0.25, 0.3) is 6.08 Å². The first-order chi connectivity index (χ1) is 12.6. The Balaban J connectivity index is 1.84. The van der Waals surface area contributed by atoms with Gasteiger partial charge in [0.2, 0.25) is 5.91 Å². The second-order valence-electron chi connectivity index (χ2n) is 5.51. The van der Waals surface area contributed by atoms with Crippen molar-refractivity contribution in [2.45, 2.75) is 11.8 Å². The summed E-state index contributed by atoms with van der Waals surface area (Å²) in [5.74, 6) is 0.243. The zero-order valence-electron chi connectivity index (χ0n) is 14.4.